The Bertz CT molecular complexity index is 727. The molecule has 2 N–H and O–H groups in total. The van der Waals surface area contributed by atoms with Gasteiger partial charge in [0.25, 0.3) is 0 Å². The molecule has 0 spiro atoms. The fourth-order valence-corrected chi connectivity index (χ4v) is 2.77. The van der Waals surface area contributed by atoms with Gasteiger partial charge >= 0.3 is 11.7 Å². The van der Waals surface area contributed by atoms with Crippen LogP contribution in [0.1, 0.15) is 30.1 Å². The number of rotatable bonds is 6. The van der Waals surface area contributed by atoms with Crippen LogP contribution in [0.3, 0.4) is 0 Å². The van der Waals surface area contributed by atoms with Gasteiger partial charge in [-0.1, -0.05) is 6.92 Å². The van der Waals surface area contributed by atoms with Crippen molar-refractivity contribution in [2.24, 2.45) is 0 Å². The molecule has 0 radical (unpaired) electrons. The SMILES string of the molecule is CCN(CCn1c(=O)[nH]c2ccc(C(=O)O)cc21)C1CC1. The first kappa shape index (κ1) is 13.9. The number of fused-ring (bicyclic) bond motifs is 1. The average molecular weight is 289 g/mol. The standard InChI is InChI=1S/C15H19N3O3/c1-2-17(11-4-5-11)7-8-18-13-9-10(14(19)20)3-6-12(13)16-15(18)21/h3,6,9,11H,2,4-5,7-8H2,1H3,(H,16,21)(H,19,20). The van der Waals surface area contributed by atoms with E-state index < -0.39 is 5.97 Å². The third kappa shape index (κ3) is 2.71. The van der Waals surface area contributed by atoms with Gasteiger partial charge in [0.15, 0.2) is 0 Å². The summed E-state index contributed by atoms with van der Waals surface area (Å²) < 4.78 is 1.63. The predicted octanol–water partition coefficient (Wildman–Crippen LogP) is 1.51. The molecule has 2 aromatic rings. The summed E-state index contributed by atoms with van der Waals surface area (Å²) in [5.41, 5.74) is 1.36. The van der Waals surface area contributed by atoms with E-state index in [0.29, 0.717) is 23.6 Å². The van der Waals surface area contributed by atoms with Crippen LogP contribution in [0.25, 0.3) is 11.0 Å². The number of carboxylic acid groups (broad SMARTS) is 1. The molecular formula is C15H19N3O3. The summed E-state index contributed by atoms with van der Waals surface area (Å²) in [6.07, 6.45) is 2.47. The van der Waals surface area contributed by atoms with Gasteiger partial charge in [0, 0.05) is 19.1 Å². The predicted molar refractivity (Wildman–Crippen MR) is 79.8 cm³/mol. The summed E-state index contributed by atoms with van der Waals surface area (Å²) in [5.74, 6) is -0.981. The molecule has 0 amide bonds. The lowest BCUT2D eigenvalue weighted by Crippen LogP contribution is -2.31. The van der Waals surface area contributed by atoms with Crippen LogP contribution < -0.4 is 5.69 Å². The van der Waals surface area contributed by atoms with Crippen molar-refractivity contribution < 1.29 is 9.90 Å². The molecule has 0 saturated heterocycles. The number of aromatic nitrogens is 2. The van der Waals surface area contributed by atoms with Crippen LogP contribution in [0, 0.1) is 0 Å². The van der Waals surface area contributed by atoms with Gasteiger partial charge in [-0.15, -0.1) is 0 Å². The van der Waals surface area contributed by atoms with Crippen molar-refractivity contribution in [2.45, 2.75) is 32.4 Å². The minimum atomic E-state index is -0.981. The van der Waals surface area contributed by atoms with E-state index >= 15 is 0 Å². The molecular weight excluding hydrogens is 270 g/mol. The number of carbonyl (C=O) groups is 1. The van der Waals surface area contributed by atoms with Crippen LogP contribution >= 0.6 is 0 Å². The second-order valence-electron chi connectivity index (χ2n) is 5.48. The average Bonchev–Trinajstić information content (AvgIpc) is 3.24. The van der Waals surface area contributed by atoms with E-state index in [0.717, 1.165) is 13.1 Å². The molecule has 0 aliphatic heterocycles. The summed E-state index contributed by atoms with van der Waals surface area (Å²) in [5, 5.41) is 9.07. The second kappa shape index (κ2) is 5.37. The molecule has 6 nitrogen and oxygen atoms in total. The fourth-order valence-electron chi connectivity index (χ4n) is 2.77. The van der Waals surface area contributed by atoms with Crippen molar-refractivity contribution in [3.8, 4) is 0 Å². The highest BCUT2D eigenvalue weighted by Crippen LogP contribution is 2.26. The van der Waals surface area contributed by atoms with E-state index in [1.807, 2.05) is 0 Å². The number of nitrogens with zero attached hydrogens (tertiary/aromatic N) is 2. The number of imidazole rings is 1. The highest BCUT2D eigenvalue weighted by atomic mass is 16.4. The molecule has 0 unspecified atom stereocenters. The maximum absolute atomic E-state index is 12.0. The smallest absolute Gasteiger partial charge is 0.335 e. The Morgan fingerprint density at radius 3 is 2.86 bits per heavy atom. The summed E-state index contributed by atoms with van der Waals surface area (Å²) in [7, 11) is 0. The number of H-pyrrole nitrogens is 1. The maximum atomic E-state index is 12.0. The Balaban J connectivity index is 1.89. The highest BCUT2D eigenvalue weighted by Gasteiger charge is 2.27. The van der Waals surface area contributed by atoms with Crippen LogP contribution in [0.2, 0.25) is 0 Å². The molecule has 0 atom stereocenters. The number of benzene rings is 1. The maximum Gasteiger partial charge on any atom is 0.335 e. The normalized spacial score (nSPS) is 15.0. The summed E-state index contributed by atoms with van der Waals surface area (Å²) in [6, 6.07) is 5.37. The van der Waals surface area contributed by atoms with Gasteiger partial charge in [0.05, 0.1) is 16.6 Å². The van der Waals surface area contributed by atoms with Gasteiger partial charge in [0.1, 0.15) is 0 Å². The molecule has 0 bridgehead atoms. The molecule has 6 heteroatoms. The molecule has 1 aliphatic carbocycles. The van der Waals surface area contributed by atoms with Gasteiger partial charge in [0.2, 0.25) is 0 Å². The van der Waals surface area contributed by atoms with E-state index in [4.69, 9.17) is 5.11 Å². The Morgan fingerprint density at radius 2 is 2.24 bits per heavy atom. The lowest BCUT2D eigenvalue weighted by molar-refractivity contribution is 0.0697. The highest BCUT2D eigenvalue weighted by molar-refractivity contribution is 5.92. The van der Waals surface area contributed by atoms with Crippen molar-refractivity contribution in [1.29, 1.82) is 0 Å². The first-order valence-corrected chi connectivity index (χ1v) is 7.30. The zero-order valence-corrected chi connectivity index (χ0v) is 12.0. The van der Waals surface area contributed by atoms with E-state index in [-0.39, 0.29) is 11.3 Å². The quantitative estimate of drug-likeness (QED) is 0.845. The van der Waals surface area contributed by atoms with E-state index in [9.17, 15) is 9.59 Å². The molecule has 112 valence electrons. The van der Waals surface area contributed by atoms with E-state index in [2.05, 4.69) is 16.8 Å². The molecule has 1 heterocycles. The summed E-state index contributed by atoms with van der Waals surface area (Å²) in [6.45, 7) is 4.48. The fraction of sp³-hybridized carbons (Fsp3) is 0.467. The van der Waals surface area contributed by atoms with Crippen molar-refractivity contribution in [3.05, 3.63) is 34.2 Å². The van der Waals surface area contributed by atoms with Gasteiger partial charge in [-0.25, -0.2) is 9.59 Å². The second-order valence-corrected chi connectivity index (χ2v) is 5.48. The van der Waals surface area contributed by atoms with E-state index in [1.165, 1.54) is 18.9 Å². The van der Waals surface area contributed by atoms with E-state index in [1.54, 1.807) is 16.7 Å². The number of likely N-dealkylation sites (N-methyl/N-ethyl adjacent to an activating group) is 1. The van der Waals surface area contributed by atoms with Gasteiger partial charge in [-0.2, -0.15) is 0 Å². The lowest BCUT2D eigenvalue weighted by Gasteiger charge is -2.19. The Kier molecular flexibility index (Phi) is 3.55. The van der Waals surface area contributed by atoms with Crippen molar-refractivity contribution >= 4 is 17.0 Å². The minimum Gasteiger partial charge on any atom is -0.478 e. The number of aromatic amines is 1. The van der Waals surface area contributed by atoms with Crippen LogP contribution in [0.5, 0.6) is 0 Å². The molecule has 1 saturated carbocycles. The van der Waals surface area contributed by atoms with Crippen LogP contribution in [0.4, 0.5) is 0 Å². The first-order valence-electron chi connectivity index (χ1n) is 7.30. The lowest BCUT2D eigenvalue weighted by atomic mass is 10.2. The number of hydrogen-bond donors (Lipinski definition) is 2. The van der Waals surface area contributed by atoms with Gasteiger partial charge in [-0.3, -0.25) is 9.47 Å². The topological polar surface area (TPSA) is 78.3 Å². The zero-order chi connectivity index (χ0) is 15.0. The Hall–Kier alpha value is -2.08. The molecule has 1 aromatic heterocycles. The Morgan fingerprint density at radius 1 is 1.48 bits per heavy atom. The van der Waals surface area contributed by atoms with Crippen molar-refractivity contribution in [2.75, 3.05) is 13.1 Å². The van der Waals surface area contributed by atoms with Gasteiger partial charge < -0.3 is 10.1 Å². The largest absolute Gasteiger partial charge is 0.478 e. The minimum absolute atomic E-state index is 0.181. The monoisotopic (exact) mass is 289 g/mol. The zero-order valence-electron chi connectivity index (χ0n) is 12.0. The Labute approximate surface area is 122 Å². The number of aromatic carboxylic acids is 1. The van der Waals surface area contributed by atoms with Crippen molar-refractivity contribution in [3.63, 3.8) is 0 Å². The summed E-state index contributed by atoms with van der Waals surface area (Å²) >= 11 is 0. The molecule has 1 aliphatic rings. The molecule has 21 heavy (non-hydrogen) atoms. The molecule has 3 rings (SSSR count). The third-order valence-electron chi connectivity index (χ3n) is 4.10. The number of carboxylic acids is 1. The van der Waals surface area contributed by atoms with Crippen molar-refractivity contribution in [1.82, 2.24) is 14.5 Å². The third-order valence-corrected chi connectivity index (χ3v) is 4.10. The van der Waals surface area contributed by atoms with Crippen LogP contribution in [0.15, 0.2) is 23.0 Å². The molecule has 1 fully saturated rings. The number of nitrogens with one attached hydrogen (secondary N) is 1. The molecule has 1 aromatic carbocycles. The first-order chi connectivity index (χ1) is 10.1. The summed E-state index contributed by atoms with van der Waals surface area (Å²) in [4.78, 5) is 28.3. The van der Waals surface area contributed by atoms with Gasteiger partial charge in [-0.05, 0) is 37.6 Å². The van der Waals surface area contributed by atoms with Crippen LogP contribution in [-0.2, 0) is 6.54 Å². The van der Waals surface area contributed by atoms with Crippen LogP contribution in [-0.4, -0.2) is 44.7 Å². The number of hydrogen-bond acceptors (Lipinski definition) is 3.